The molecule has 0 saturated carbocycles. The first-order valence-corrected chi connectivity index (χ1v) is 6.41. The number of halogens is 2. The zero-order chi connectivity index (χ0) is 13.0. The van der Waals surface area contributed by atoms with Crippen LogP contribution in [0.25, 0.3) is 0 Å². The normalized spacial score (nSPS) is 10.2. The van der Waals surface area contributed by atoms with Crippen LogP contribution in [0.4, 0.5) is 5.82 Å². The van der Waals surface area contributed by atoms with E-state index >= 15 is 0 Å². The highest BCUT2D eigenvalue weighted by Crippen LogP contribution is 2.21. The van der Waals surface area contributed by atoms with Gasteiger partial charge in [0.05, 0.1) is 13.3 Å². The van der Waals surface area contributed by atoms with Crippen LogP contribution in [-0.2, 0) is 6.54 Å². The number of hydrogen-bond donors (Lipinski definition) is 1. The molecule has 0 atom stereocenters. The molecule has 0 aliphatic carbocycles. The quantitative estimate of drug-likeness (QED) is 0.933. The Morgan fingerprint density at radius 3 is 3.00 bits per heavy atom. The van der Waals surface area contributed by atoms with E-state index in [1.54, 1.807) is 0 Å². The van der Waals surface area contributed by atoms with Crippen molar-refractivity contribution in [3.63, 3.8) is 0 Å². The molecule has 2 aromatic rings. The molecule has 2 rings (SSSR count). The summed E-state index contributed by atoms with van der Waals surface area (Å²) < 4.78 is 5.99. The number of nitrogens with one attached hydrogen (secondary N) is 1. The first-order chi connectivity index (χ1) is 8.69. The molecular weight excluding hydrogens is 318 g/mol. The van der Waals surface area contributed by atoms with Gasteiger partial charge >= 0.3 is 6.01 Å². The van der Waals surface area contributed by atoms with Gasteiger partial charge in [-0.15, -0.1) is 0 Å². The van der Waals surface area contributed by atoms with E-state index in [9.17, 15) is 0 Å². The molecule has 0 aliphatic rings. The minimum Gasteiger partial charge on any atom is -0.467 e. The molecule has 1 aromatic heterocycles. The largest absolute Gasteiger partial charge is 0.467 e. The predicted octanol–water partition coefficient (Wildman–Crippen LogP) is 3.51. The lowest BCUT2D eigenvalue weighted by Crippen LogP contribution is -2.03. The zero-order valence-corrected chi connectivity index (χ0v) is 12.0. The van der Waals surface area contributed by atoms with Crippen molar-refractivity contribution >= 4 is 33.3 Å². The summed E-state index contributed by atoms with van der Waals surface area (Å²) in [6.07, 6.45) is 1.51. The minimum atomic E-state index is 0.288. The molecule has 0 spiro atoms. The average Bonchev–Trinajstić information content (AvgIpc) is 2.38. The third-order valence-electron chi connectivity index (χ3n) is 2.25. The van der Waals surface area contributed by atoms with Crippen molar-refractivity contribution in [3.8, 4) is 6.01 Å². The summed E-state index contributed by atoms with van der Waals surface area (Å²) in [5, 5.41) is 3.61. The molecule has 0 radical (unpaired) electrons. The van der Waals surface area contributed by atoms with Gasteiger partial charge in [0.15, 0.2) is 5.82 Å². The summed E-state index contributed by atoms with van der Waals surface area (Å²) >= 11 is 9.42. The van der Waals surface area contributed by atoms with Crippen LogP contribution >= 0.6 is 27.5 Å². The van der Waals surface area contributed by atoms with Crippen molar-refractivity contribution < 1.29 is 4.74 Å². The van der Waals surface area contributed by atoms with Gasteiger partial charge in [0.2, 0.25) is 0 Å². The van der Waals surface area contributed by atoms with Crippen LogP contribution in [0, 0.1) is 0 Å². The molecular formula is C12H11BrClN3O. The Bertz CT molecular complexity index is 551. The maximum atomic E-state index is 6.00. The Balaban J connectivity index is 2.10. The van der Waals surface area contributed by atoms with Crippen molar-refractivity contribution in [2.75, 3.05) is 12.4 Å². The van der Waals surface area contributed by atoms with E-state index in [1.807, 2.05) is 24.3 Å². The lowest BCUT2D eigenvalue weighted by Gasteiger charge is -2.08. The molecule has 0 amide bonds. The molecule has 1 aromatic carbocycles. The standard InChI is InChI=1S/C12H11BrClN3O/c1-18-12-16-7-10(14)11(17-12)15-6-8-3-2-4-9(13)5-8/h2-5,7H,6H2,1H3,(H,15,16,17). The SMILES string of the molecule is COc1ncc(Cl)c(NCc2cccc(Br)c2)n1. The maximum absolute atomic E-state index is 6.00. The highest BCUT2D eigenvalue weighted by molar-refractivity contribution is 9.10. The maximum Gasteiger partial charge on any atom is 0.318 e. The lowest BCUT2D eigenvalue weighted by molar-refractivity contribution is 0.380. The highest BCUT2D eigenvalue weighted by atomic mass is 79.9. The van der Waals surface area contributed by atoms with E-state index < -0.39 is 0 Å². The first kappa shape index (κ1) is 13.1. The fraction of sp³-hybridized carbons (Fsp3) is 0.167. The molecule has 94 valence electrons. The van der Waals surface area contributed by atoms with E-state index in [-0.39, 0.29) is 6.01 Å². The third-order valence-corrected chi connectivity index (χ3v) is 3.02. The molecule has 0 saturated heterocycles. The molecule has 0 aliphatic heterocycles. The second kappa shape index (κ2) is 6.02. The van der Waals surface area contributed by atoms with Gasteiger partial charge in [0.1, 0.15) is 5.02 Å². The fourth-order valence-corrected chi connectivity index (χ4v) is 2.01. The minimum absolute atomic E-state index is 0.288. The lowest BCUT2D eigenvalue weighted by atomic mass is 10.2. The molecule has 0 fully saturated rings. The molecule has 0 bridgehead atoms. The highest BCUT2D eigenvalue weighted by Gasteiger charge is 2.05. The van der Waals surface area contributed by atoms with Crippen LogP contribution in [0.1, 0.15) is 5.56 Å². The van der Waals surface area contributed by atoms with Crippen molar-refractivity contribution in [2.24, 2.45) is 0 Å². The average molecular weight is 329 g/mol. The number of rotatable bonds is 4. The number of aromatic nitrogens is 2. The predicted molar refractivity (Wildman–Crippen MR) is 75.1 cm³/mol. The number of ether oxygens (including phenoxy) is 1. The van der Waals surface area contributed by atoms with Crippen molar-refractivity contribution in [2.45, 2.75) is 6.54 Å². The van der Waals surface area contributed by atoms with Crippen LogP contribution in [0.3, 0.4) is 0 Å². The van der Waals surface area contributed by atoms with Gasteiger partial charge < -0.3 is 10.1 Å². The Morgan fingerprint density at radius 1 is 1.44 bits per heavy atom. The Labute approximate surface area is 118 Å². The van der Waals surface area contributed by atoms with Gasteiger partial charge in [0.25, 0.3) is 0 Å². The van der Waals surface area contributed by atoms with Crippen LogP contribution in [0.15, 0.2) is 34.9 Å². The Morgan fingerprint density at radius 2 is 2.28 bits per heavy atom. The second-order valence-corrected chi connectivity index (χ2v) is 4.86. The van der Waals surface area contributed by atoms with Crippen LogP contribution in [0.2, 0.25) is 5.02 Å². The van der Waals surface area contributed by atoms with E-state index in [0.29, 0.717) is 17.4 Å². The third kappa shape index (κ3) is 3.34. The summed E-state index contributed by atoms with van der Waals surface area (Å²) in [4.78, 5) is 8.05. The monoisotopic (exact) mass is 327 g/mol. The number of nitrogens with zero attached hydrogens (tertiary/aromatic N) is 2. The van der Waals surface area contributed by atoms with E-state index in [4.69, 9.17) is 16.3 Å². The van der Waals surface area contributed by atoms with E-state index in [0.717, 1.165) is 10.0 Å². The van der Waals surface area contributed by atoms with Crippen LogP contribution in [-0.4, -0.2) is 17.1 Å². The topological polar surface area (TPSA) is 47.0 Å². The van der Waals surface area contributed by atoms with Gasteiger partial charge in [-0.1, -0.05) is 39.7 Å². The molecule has 0 unspecified atom stereocenters. The van der Waals surface area contributed by atoms with Gasteiger partial charge in [-0.2, -0.15) is 4.98 Å². The van der Waals surface area contributed by atoms with Gasteiger partial charge in [-0.25, -0.2) is 4.98 Å². The van der Waals surface area contributed by atoms with Crippen molar-refractivity contribution in [3.05, 3.63) is 45.5 Å². The summed E-state index contributed by atoms with van der Waals surface area (Å²) in [6.45, 7) is 0.624. The van der Waals surface area contributed by atoms with E-state index in [2.05, 4.69) is 31.2 Å². The van der Waals surface area contributed by atoms with Crippen molar-refractivity contribution in [1.82, 2.24) is 9.97 Å². The number of hydrogen-bond acceptors (Lipinski definition) is 4. The summed E-state index contributed by atoms with van der Waals surface area (Å²) in [5.41, 5.74) is 1.12. The number of benzene rings is 1. The van der Waals surface area contributed by atoms with Gasteiger partial charge in [-0.05, 0) is 17.7 Å². The number of methoxy groups -OCH3 is 1. The first-order valence-electron chi connectivity index (χ1n) is 5.24. The molecule has 6 heteroatoms. The molecule has 4 nitrogen and oxygen atoms in total. The zero-order valence-electron chi connectivity index (χ0n) is 9.65. The summed E-state index contributed by atoms with van der Waals surface area (Å²) in [5.74, 6) is 0.559. The van der Waals surface area contributed by atoms with Gasteiger partial charge in [-0.3, -0.25) is 0 Å². The fourth-order valence-electron chi connectivity index (χ4n) is 1.41. The Hall–Kier alpha value is -1.33. The summed E-state index contributed by atoms with van der Waals surface area (Å²) in [7, 11) is 1.52. The van der Waals surface area contributed by atoms with E-state index in [1.165, 1.54) is 13.3 Å². The van der Waals surface area contributed by atoms with Crippen LogP contribution < -0.4 is 10.1 Å². The number of anilines is 1. The van der Waals surface area contributed by atoms with Gasteiger partial charge in [0, 0.05) is 11.0 Å². The summed E-state index contributed by atoms with van der Waals surface area (Å²) in [6, 6.07) is 8.28. The Kier molecular flexibility index (Phi) is 4.38. The second-order valence-electron chi connectivity index (χ2n) is 3.54. The smallest absolute Gasteiger partial charge is 0.318 e. The van der Waals surface area contributed by atoms with Crippen molar-refractivity contribution in [1.29, 1.82) is 0 Å². The molecule has 18 heavy (non-hydrogen) atoms. The molecule has 1 N–H and O–H groups in total. The molecule has 1 heterocycles. The van der Waals surface area contributed by atoms with Crippen LogP contribution in [0.5, 0.6) is 6.01 Å².